The molecule has 1 rings (SSSR count). The summed E-state index contributed by atoms with van der Waals surface area (Å²) in [4.78, 5) is 0. The van der Waals surface area contributed by atoms with E-state index in [0.717, 1.165) is 30.5 Å². The number of aliphatic hydroxyl groups is 1. The zero-order valence-corrected chi connectivity index (χ0v) is 11.2. The van der Waals surface area contributed by atoms with E-state index in [0.29, 0.717) is 0 Å². The van der Waals surface area contributed by atoms with Gasteiger partial charge in [-0.1, -0.05) is 35.0 Å². The van der Waals surface area contributed by atoms with Gasteiger partial charge in [-0.25, -0.2) is 0 Å². The number of hydrogen-bond donors (Lipinski definition) is 1. The lowest BCUT2D eigenvalue weighted by molar-refractivity contribution is 0.119. The van der Waals surface area contributed by atoms with E-state index in [-0.39, 0.29) is 12.5 Å². The smallest absolute Gasteiger partial charge is 0.0500 e. The van der Waals surface area contributed by atoms with Crippen LogP contribution in [-0.2, 0) is 4.74 Å². The topological polar surface area (TPSA) is 29.5 Å². The van der Waals surface area contributed by atoms with Crippen molar-refractivity contribution < 1.29 is 9.84 Å². The fourth-order valence-corrected chi connectivity index (χ4v) is 1.83. The molecule has 0 spiro atoms. The van der Waals surface area contributed by atoms with Crippen LogP contribution >= 0.6 is 15.9 Å². The Morgan fingerprint density at radius 1 is 1.25 bits per heavy atom. The molecule has 16 heavy (non-hydrogen) atoms. The van der Waals surface area contributed by atoms with Crippen LogP contribution in [0.15, 0.2) is 28.7 Å². The van der Waals surface area contributed by atoms with Crippen LogP contribution in [-0.4, -0.2) is 24.9 Å². The molecule has 1 aromatic carbocycles. The van der Waals surface area contributed by atoms with E-state index >= 15 is 0 Å². The van der Waals surface area contributed by atoms with Gasteiger partial charge in [0.15, 0.2) is 0 Å². The Kier molecular flexibility index (Phi) is 6.69. The first-order chi connectivity index (χ1) is 7.77. The van der Waals surface area contributed by atoms with Gasteiger partial charge in [0, 0.05) is 23.6 Å². The summed E-state index contributed by atoms with van der Waals surface area (Å²) < 4.78 is 6.50. The van der Waals surface area contributed by atoms with E-state index in [1.165, 1.54) is 5.56 Å². The highest BCUT2D eigenvalue weighted by Crippen LogP contribution is 2.21. The third-order valence-electron chi connectivity index (χ3n) is 2.52. The molecular formula is C13H19BrO2. The Bertz CT molecular complexity index is 284. The van der Waals surface area contributed by atoms with E-state index in [1.54, 1.807) is 0 Å². The molecule has 0 bridgehead atoms. The summed E-state index contributed by atoms with van der Waals surface area (Å²) in [6.07, 6.45) is 1.92. The normalized spacial score (nSPS) is 12.7. The third-order valence-corrected chi connectivity index (χ3v) is 3.05. The summed E-state index contributed by atoms with van der Waals surface area (Å²) in [6, 6.07) is 8.10. The van der Waals surface area contributed by atoms with Crippen molar-refractivity contribution in [2.75, 3.05) is 19.8 Å². The molecule has 3 heteroatoms. The largest absolute Gasteiger partial charge is 0.396 e. The summed E-state index contributed by atoms with van der Waals surface area (Å²) in [7, 11) is 0. The Morgan fingerprint density at radius 2 is 1.94 bits per heavy atom. The zero-order valence-electron chi connectivity index (χ0n) is 9.66. The minimum Gasteiger partial charge on any atom is -0.396 e. The summed E-state index contributed by atoms with van der Waals surface area (Å²) in [6.45, 7) is 3.79. The first-order valence-electron chi connectivity index (χ1n) is 5.72. The molecule has 1 atom stereocenters. The maximum atomic E-state index is 9.34. The molecule has 0 saturated heterocycles. The van der Waals surface area contributed by atoms with Crippen LogP contribution in [0.1, 0.15) is 31.2 Å². The van der Waals surface area contributed by atoms with Gasteiger partial charge in [0.05, 0.1) is 6.61 Å². The second-order valence-corrected chi connectivity index (χ2v) is 4.75. The predicted octanol–water partition coefficient (Wildman–Crippen LogP) is 3.34. The molecule has 0 fully saturated rings. The fraction of sp³-hybridized carbons (Fsp3) is 0.538. The molecule has 0 heterocycles. The molecule has 1 unspecified atom stereocenters. The Morgan fingerprint density at radius 3 is 2.50 bits per heavy atom. The first kappa shape index (κ1) is 13.7. The quantitative estimate of drug-likeness (QED) is 0.779. The summed E-state index contributed by atoms with van der Waals surface area (Å²) in [5.41, 5.74) is 1.17. The van der Waals surface area contributed by atoms with Crippen LogP contribution in [0.2, 0.25) is 0 Å². The van der Waals surface area contributed by atoms with Gasteiger partial charge in [-0.3, -0.25) is 0 Å². The molecule has 0 aromatic heterocycles. The van der Waals surface area contributed by atoms with Gasteiger partial charge in [-0.15, -0.1) is 0 Å². The molecule has 0 aliphatic carbocycles. The maximum Gasteiger partial charge on any atom is 0.0500 e. The minimum atomic E-state index is 0.178. The van der Waals surface area contributed by atoms with Crippen LogP contribution in [0.3, 0.4) is 0 Å². The Hall–Kier alpha value is -0.380. The van der Waals surface area contributed by atoms with Crippen LogP contribution < -0.4 is 0 Å². The maximum absolute atomic E-state index is 9.34. The highest BCUT2D eigenvalue weighted by Gasteiger charge is 2.09. The lowest BCUT2D eigenvalue weighted by Gasteiger charge is -2.14. The molecule has 1 N–H and O–H groups in total. The van der Waals surface area contributed by atoms with Gasteiger partial charge in [0.25, 0.3) is 0 Å². The lowest BCUT2D eigenvalue weighted by atomic mass is 9.97. The van der Waals surface area contributed by atoms with E-state index in [2.05, 4.69) is 22.9 Å². The van der Waals surface area contributed by atoms with Crippen molar-refractivity contribution in [1.29, 1.82) is 0 Å². The van der Waals surface area contributed by atoms with Crippen LogP contribution in [0.4, 0.5) is 0 Å². The van der Waals surface area contributed by atoms with Gasteiger partial charge in [-0.05, 0) is 30.5 Å². The van der Waals surface area contributed by atoms with Gasteiger partial charge in [0.2, 0.25) is 0 Å². The summed E-state index contributed by atoms with van der Waals surface area (Å²) >= 11 is 3.40. The van der Waals surface area contributed by atoms with Gasteiger partial charge < -0.3 is 9.84 Å². The second-order valence-electron chi connectivity index (χ2n) is 3.83. The van der Waals surface area contributed by atoms with E-state index < -0.39 is 0 Å². The fourth-order valence-electron chi connectivity index (χ4n) is 1.57. The zero-order chi connectivity index (χ0) is 11.8. The predicted molar refractivity (Wildman–Crippen MR) is 69.7 cm³/mol. The highest BCUT2D eigenvalue weighted by atomic mass is 79.9. The van der Waals surface area contributed by atoms with Crippen molar-refractivity contribution in [3.05, 3.63) is 34.3 Å². The van der Waals surface area contributed by atoms with Crippen molar-refractivity contribution in [2.24, 2.45) is 0 Å². The van der Waals surface area contributed by atoms with Crippen molar-refractivity contribution >= 4 is 15.9 Å². The molecule has 0 aliphatic heterocycles. The lowest BCUT2D eigenvalue weighted by Crippen LogP contribution is -2.08. The number of halogens is 1. The third kappa shape index (κ3) is 4.64. The average Bonchev–Trinajstić information content (AvgIpc) is 2.31. The molecule has 0 radical (unpaired) electrons. The summed E-state index contributed by atoms with van der Waals surface area (Å²) in [5.74, 6) is 0.185. The van der Waals surface area contributed by atoms with E-state index in [9.17, 15) is 5.11 Å². The molecule has 0 aliphatic rings. The molecule has 1 aromatic rings. The number of rotatable bonds is 7. The number of aliphatic hydroxyl groups excluding tert-OH is 1. The number of hydrogen-bond acceptors (Lipinski definition) is 2. The van der Waals surface area contributed by atoms with E-state index in [4.69, 9.17) is 4.74 Å². The average molecular weight is 287 g/mol. The SMILES string of the molecule is CCCOCCC(CO)c1ccc(Br)cc1. The van der Waals surface area contributed by atoms with Crippen molar-refractivity contribution in [3.8, 4) is 0 Å². The second kappa shape index (κ2) is 7.82. The van der Waals surface area contributed by atoms with Gasteiger partial charge >= 0.3 is 0 Å². The standard InChI is InChI=1S/C13H19BrO2/c1-2-8-16-9-7-12(10-15)11-3-5-13(14)6-4-11/h3-6,12,15H,2,7-10H2,1H3. The number of ether oxygens (including phenoxy) is 1. The molecular weight excluding hydrogens is 268 g/mol. The highest BCUT2D eigenvalue weighted by molar-refractivity contribution is 9.10. The van der Waals surface area contributed by atoms with Crippen LogP contribution in [0.5, 0.6) is 0 Å². The Balaban J connectivity index is 2.44. The van der Waals surface area contributed by atoms with Crippen molar-refractivity contribution in [2.45, 2.75) is 25.7 Å². The number of benzene rings is 1. The van der Waals surface area contributed by atoms with Crippen LogP contribution in [0, 0.1) is 0 Å². The van der Waals surface area contributed by atoms with Crippen molar-refractivity contribution in [3.63, 3.8) is 0 Å². The monoisotopic (exact) mass is 286 g/mol. The summed E-state index contributed by atoms with van der Waals surface area (Å²) in [5, 5.41) is 9.34. The molecule has 0 saturated carbocycles. The molecule has 0 amide bonds. The minimum absolute atomic E-state index is 0.178. The molecule has 90 valence electrons. The van der Waals surface area contributed by atoms with Crippen molar-refractivity contribution in [1.82, 2.24) is 0 Å². The van der Waals surface area contributed by atoms with Gasteiger partial charge in [-0.2, -0.15) is 0 Å². The van der Waals surface area contributed by atoms with E-state index in [1.807, 2.05) is 24.3 Å². The van der Waals surface area contributed by atoms with Gasteiger partial charge in [0.1, 0.15) is 0 Å². The Labute approximate surface area is 106 Å². The molecule has 2 nitrogen and oxygen atoms in total. The first-order valence-corrected chi connectivity index (χ1v) is 6.51. The van der Waals surface area contributed by atoms with Crippen LogP contribution in [0.25, 0.3) is 0 Å².